The fraction of sp³-hybridized carbons (Fsp3) is 0.185. The predicted octanol–water partition coefficient (Wildman–Crippen LogP) is 4.00. The number of hydrogen-bond donors (Lipinski definition) is 1. The summed E-state index contributed by atoms with van der Waals surface area (Å²) in [5.74, 6) is -0.440. The number of carbonyl (C=O) groups is 1. The Balaban J connectivity index is 1.68. The maximum absolute atomic E-state index is 13.2. The molecular weight excluding hydrogens is 464 g/mol. The number of aryl methyl sites for hydroxylation is 2. The first-order valence-electron chi connectivity index (χ1n) is 11.4. The molecule has 0 bridgehead atoms. The van der Waals surface area contributed by atoms with E-state index in [1.54, 1.807) is 25.1 Å². The van der Waals surface area contributed by atoms with Gasteiger partial charge in [-0.25, -0.2) is 13.2 Å². The number of esters is 1. The summed E-state index contributed by atoms with van der Waals surface area (Å²) < 4.78 is 33.5. The molecule has 2 aromatic heterocycles. The van der Waals surface area contributed by atoms with Crippen LogP contribution in [0.2, 0.25) is 0 Å². The highest BCUT2D eigenvalue weighted by molar-refractivity contribution is 7.91. The first-order valence-corrected chi connectivity index (χ1v) is 12.9. The number of pyridine rings is 1. The molecule has 0 fully saturated rings. The van der Waals surface area contributed by atoms with Crippen LogP contribution in [0.3, 0.4) is 0 Å². The van der Waals surface area contributed by atoms with Crippen LogP contribution in [0.1, 0.15) is 34.1 Å². The molecule has 0 amide bonds. The zero-order valence-corrected chi connectivity index (χ0v) is 20.0. The highest BCUT2D eigenvalue weighted by Gasteiger charge is 2.30. The van der Waals surface area contributed by atoms with E-state index in [0.717, 1.165) is 16.7 Å². The van der Waals surface area contributed by atoms with Crippen molar-refractivity contribution in [2.24, 2.45) is 0 Å². The lowest BCUT2D eigenvalue weighted by Gasteiger charge is -2.21. The van der Waals surface area contributed by atoms with Crippen LogP contribution in [0.5, 0.6) is 0 Å². The minimum absolute atomic E-state index is 0.0685. The number of sulfone groups is 1. The molecule has 8 heteroatoms. The van der Waals surface area contributed by atoms with Gasteiger partial charge in [0.25, 0.3) is 5.56 Å². The highest BCUT2D eigenvalue weighted by atomic mass is 32.2. The molecule has 2 aromatic carbocycles. The van der Waals surface area contributed by atoms with Crippen LogP contribution in [-0.2, 0) is 34.0 Å². The van der Waals surface area contributed by atoms with Crippen molar-refractivity contribution in [3.63, 3.8) is 0 Å². The lowest BCUT2D eigenvalue weighted by Crippen LogP contribution is -2.22. The van der Waals surface area contributed by atoms with Crippen molar-refractivity contribution in [1.82, 2.24) is 9.55 Å². The van der Waals surface area contributed by atoms with E-state index in [-0.39, 0.29) is 16.4 Å². The summed E-state index contributed by atoms with van der Waals surface area (Å²) in [6.07, 6.45) is 1.14. The van der Waals surface area contributed by atoms with Crippen LogP contribution in [0.4, 0.5) is 0 Å². The Hall–Kier alpha value is -3.91. The number of hydrogen-bond acceptors (Lipinski definition) is 5. The van der Waals surface area contributed by atoms with E-state index in [1.165, 1.54) is 18.2 Å². The molecule has 0 saturated carbocycles. The number of nitrogens with zero attached hydrogens (tertiary/aromatic N) is 1. The van der Waals surface area contributed by atoms with Crippen molar-refractivity contribution in [3.05, 3.63) is 106 Å². The summed E-state index contributed by atoms with van der Waals surface area (Å²) in [6, 6.07) is 20.9. The van der Waals surface area contributed by atoms with Gasteiger partial charge in [0.05, 0.1) is 22.9 Å². The van der Waals surface area contributed by atoms with Crippen LogP contribution in [0.15, 0.2) is 87.4 Å². The third kappa shape index (κ3) is 4.10. The van der Waals surface area contributed by atoms with E-state index in [9.17, 15) is 18.0 Å². The second-order valence-electron chi connectivity index (χ2n) is 8.38. The van der Waals surface area contributed by atoms with Crippen molar-refractivity contribution in [2.75, 3.05) is 6.61 Å². The standard InChI is InChI=1S/C27H24N2O5S/c1-2-34-27(31)22-15-20-14-13-19-16-23(35(32,33)21-11-7-4-8-12-21)26(30)28-24(19)25(20)29(22)17-18-9-5-3-6-10-18/h3-12,15-16H,2,13-14,17H2,1H3,(H,28,30). The number of aromatic amines is 1. The number of rotatable bonds is 6. The summed E-state index contributed by atoms with van der Waals surface area (Å²) in [5.41, 5.74) is 3.56. The molecule has 5 rings (SSSR count). The third-order valence-electron chi connectivity index (χ3n) is 6.18. The first kappa shape index (κ1) is 22.9. The minimum atomic E-state index is -3.98. The molecule has 1 N–H and O–H groups in total. The van der Waals surface area contributed by atoms with Crippen molar-refractivity contribution in [3.8, 4) is 11.4 Å². The van der Waals surface area contributed by atoms with Crippen LogP contribution >= 0.6 is 0 Å². The summed E-state index contributed by atoms with van der Waals surface area (Å²) in [7, 11) is -3.98. The monoisotopic (exact) mass is 488 g/mol. The fourth-order valence-electron chi connectivity index (χ4n) is 4.55. The number of nitrogens with one attached hydrogen (secondary N) is 1. The molecule has 0 atom stereocenters. The van der Waals surface area contributed by atoms with Gasteiger partial charge in [0.1, 0.15) is 10.6 Å². The first-order chi connectivity index (χ1) is 16.9. The van der Waals surface area contributed by atoms with Gasteiger partial charge in [-0.2, -0.15) is 0 Å². The summed E-state index contributed by atoms with van der Waals surface area (Å²) in [5, 5.41) is 0. The molecule has 0 spiro atoms. The van der Waals surface area contributed by atoms with Crippen molar-refractivity contribution < 1.29 is 17.9 Å². The number of benzene rings is 2. The molecular formula is C27H24N2O5S. The van der Waals surface area contributed by atoms with Gasteiger partial charge in [0.15, 0.2) is 0 Å². The zero-order chi connectivity index (χ0) is 24.6. The number of aromatic nitrogens is 2. The van der Waals surface area contributed by atoms with Crippen molar-refractivity contribution >= 4 is 15.8 Å². The van der Waals surface area contributed by atoms with Crippen LogP contribution in [-0.4, -0.2) is 30.5 Å². The molecule has 2 heterocycles. The second-order valence-corrected chi connectivity index (χ2v) is 10.3. The van der Waals surface area contributed by atoms with Gasteiger partial charge >= 0.3 is 5.97 Å². The molecule has 1 aliphatic rings. The van der Waals surface area contributed by atoms with E-state index >= 15 is 0 Å². The van der Waals surface area contributed by atoms with Gasteiger partial charge in [-0.3, -0.25) is 4.79 Å². The summed E-state index contributed by atoms with van der Waals surface area (Å²) >= 11 is 0. The SMILES string of the molecule is CCOC(=O)c1cc2c(n1Cc1ccccc1)-c1[nH]c(=O)c(S(=O)(=O)c3ccccc3)cc1CC2. The maximum Gasteiger partial charge on any atom is 0.354 e. The van der Waals surface area contributed by atoms with Gasteiger partial charge in [0, 0.05) is 6.54 Å². The van der Waals surface area contributed by atoms with Gasteiger partial charge in [-0.05, 0) is 60.7 Å². The normalized spacial score (nSPS) is 12.6. The Labute approximate surface area is 202 Å². The Morgan fingerprint density at radius 3 is 2.31 bits per heavy atom. The van der Waals surface area contributed by atoms with Gasteiger partial charge in [0.2, 0.25) is 9.84 Å². The smallest absolute Gasteiger partial charge is 0.354 e. The maximum atomic E-state index is 13.2. The van der Waals surface area contributed by atoms with Crippen molar-refractivity contribution in [1.29, 1.82) is 0 Å². The topological polar surface area (TPSA) is 98.2 Å². The Morgan fingerprint density at radius 2 is 1.63 bits per heavy atom. The quantitative estimate of drug-likeness (QED) is 0.414. The highest BCUT2D eigenvalue weighted by Crippen LogP contribution is 2.36. The Kier molecular flexibility index (Phi) is 5.90. The fourth-order valence-corrected chi connectivity index (χ4v) is 5.91. The van der Waals surface area contributed by atoms with Crippen LogP contribution in [0.25, 0.3) is 11.4 Å². The van der Waals surface area contributed by atoms with Crippen LogP contribution in [0, 0.1) is 0 Å². The predicted molar refractivity (Wildman–Crippen MR) is 131 cm³/mol. The molecule has 0 radical (unpaired) electrons. The number of ether oxygens (including phenoxy) is 1. The molecule has 35 heavy (non-hydrogen) atoms. The largest absolute Gasteiger partial charge is 0.461 e. The Bertz CT molecular complexity index is 1570. The average molecular weight is 489 g/mol. The van der Waals surface area contributed by atoms with E-state index in [2.05, 4.69) is 4.98 Å². The number of fused-ring (bicyclic) bond motifs is 3. The summed E-state index contributed by atoms with van der Waals surface area (Å²) in [6.45, 7) is 2.40. The molecule has 1 aliphatic carbocycles. The second kappa shape index (κ2) is 9.03. The number of carbonyl (C=O) groups excluding carboxylic acids is 1. The molecule has 7 nitrogen and oxygen atoms in total. The average Bonchev–Trinajstić information content (AvgIpc) is 3.24. The molecule has 4 aromatic rings. The Morgan fingerprint density at radius 1 is 0.971 bits per heavy atom. The van der Waals surface area contributed by atoms with Gasteiger partial charge in [-0.15, -0.1) is 0 Å². The minimum Gasteiger partial charge on any atom is -0.461 e. The van der Waals surface area contributed by atoms with Gasteiger partial charge in [-0.1, -0.05) is 48.5 Å². The lowest BCUT2D eigenvalue weighted by atomic mass is 9.94. The van der Waals surface area contributed by atoms with Crippen LogP contribution < -0.4 is 5.56 Å². The molecule has 0 unspecified atom stereocenters. The lowest BCUT2D eigenvalue weighted by molar-refractivity contribution is 0.0514. The number of H-pyrrole nitrogens is 1. The van der Waals surface area contributed by atoms with E-state index in [4.69, 9.17) is 4.74 Å². The molecule has 178 valence electrons. The van der Waals surface area contributed by atoms with E-state index in [0.29, 0.717) is 36.5 Å². The molecule has 0 aliphatic heterocycles. The third-order valence-corrected chi connectivity index (χ3v) is 7.95. The summed E-state index contributed by atoms with van der Waals surface area (Å²) in [4.78, 5) is 28.5. The zero-order valence-electron chi connectivity index (χ0n) is 19.2. The van der Waals surface area contributed by atoms with Gasteiger partial charge < -0.3 is 14.3 Å². The molecule has 0 saturated heterocycles. The van der Waals surface area contributed by atoms with E-state index < -0.39 is 21.4 Å². The van der Waals surface area contributed by atoms with Crippen molar-refractivity contribution in [2.45, 2.75) is 36.1 Å². The van der Waals surface area contributed by atoms with E-state index in [1.807, 2.05) is 41.0 Å².